The van der Waals surface area contributed by atoms with Gasteiger partial charge in [-0.05, 0) is 56.1 Å². The van der Waals surface area contributed by atoms with Crippen molar-refractivity contribution >= 4 is 43.5 Å². The molecule has 0 atom stereocenters. The van der Waals surface area contributed by atoms with Crippen LogP contribution >= 0.6 is 31.9 Å². The average molecular weight is 403 g/mol. The maximum Gasteiger partial charge on any atom is 0.256 e. The van der Waals surface area contributed by atoms with Gasteiger partial charge in [0.2, 0.25) is 0 Å². The number of anilines is 1. The van der Waals surface area contributed by atoms with Gasteiger partial charge in [0.05, 0.1) is 21.6 Å². The van der Waals surface area contributed by atoms with E-state index in [1.807, 2.05) is 0 Å². The summed E-state index contributed by atoms with van der Waals surface area (Å²) in [7, 11) is 1.54. The minimum Gasteiger partial charge on any atom is -0.495 e. The van der Waals surface area contributed by atoms with Crippen molar-refractivity contribution in [2.75, 3.05) is 12.4 Å². The van der Waals surface area contributed by atoms with E-state index < -0.39 is 11.7 Å². The highest BCUT2D eigenvalue weighted by Crippen LogP contribution is 2.28. The number of amides is 1. The first-order valence-corrected chi connectivity index (χ1v) is 7.20. The lowest BCUT2D eigenvalue weighted by Crippen LogP contribution is -2.13. The van der Waals surface area contributed by atoms with Gasteiger partial charge in [-0.3, -0.25) is 4.79 Å². The van der Waals surface area contributed by atoms with Crippen LogP contribution in [0, 0.1) is 5.82 Å². The smallest absolute Gasteiger partial charge is 0.256 e. The number of hydrogen-bond donors (Lipinski definition) is 1. The molecule has 0 aliphatic carbocycles. The Balaban J connectivity index is 2.26. The molecule has 2 aromatic rings. The third kappa shape index (κ3) is 3.19. The zero-order chi connectivity index (χ0) is 14.7. The molecule has 0 fully saturated rings. The van der Waals surface area contributed by atoms with Crippen LogP contribution in [0.4, 0.5) is 10.1 Å². The Labute approximate surface area is 132 Å². The number of benzene rings is 2. The SMILES string of the molecule is COc1cc(NC(=O)c2cccc(F)c2Br)ccc1Br. The molecule has 0 aliphatic heterocycles. The van der Waals surface area contributed by atoms with Crippen molar-refractivity contribution < 1.29 is 13.9 Å². The average Bonchev–Trinajstić information content (AvgIpc) is 2.43. The highest BCUT2D eigenvalue weighted by atomic mass is 79.9. The molecule has 20 heavy (non-hydrogen) atoms. The number of halogens is 3. The number of hydrogen-bond acceptors (Lipinski definition) is 2. The zero-order valence-corrected chi connectivity index (χ0v) is 13.6. The van der Waals surface area contributed by atoms with Gasteiger partial charge >= 0.3 is 0 Å². The number of carbonyl (C=O) groups is 1. The van der Waals surface area contributed by atoms with E-state index in [9.17, 15) is 9.18 Å². The highest BCUT2D eigenvalue weighted by molar-refractivity contribution is 9.10. The number of ether oxygens (including phenoxy) is 1. The molecule has 6 heteroatoms. The molecule has 0 aromatic heterocycles. The second kappa shape index (κ2) is 6.37. The molecule has 0 bridgehead atoms. The maximum absolute atomic E-state index is 13.4. The van der Waals surface area contributed by atoms with Gasteiger partial charge in [0.1, 0.15) is 11.6 Å². The molecular formula is C14H10Br2FNO2. The van der Waals surface area contributed by atoms with Gasteiger partial charge in [-0.15, -0.1) is 0 Å². The maximum atomic E-state index is 13.4. The summed E-state index contributed by atoms with van der Waals surface area (Å²) < 4.78 is 19.5. The van der Waals surface area contributed by atoms with Crippen LogP contribution in [-0.2, 0) is 0 Å². The summed E-state index contributed by atoms with van der Waals surface area (Å²) in [5.41, 5.74) is 0.790. The third-order valence-electron chi connectivity index (χ3n) is 2.61. The molecule has 0 spiro atoms. The fraction of sp³-hybridized carbons (Fsp3) is 0.0714. The fourth-order valence-corrected chi connectivity index (χ4v) is 2.47. The Kier molecular flexibility index (Phi) is 4.77. The molecule has 0 radical (unpaired) electrons. The lowest BCUT2D eigenvalue weighted by atomic mass is 10.2. The highest BCUT2D eigenvalue weighted by Gasteiger charge is 2.13. The second-order valence-corrected chi connectivity index (χ2v) is 5.55. The second-order valence-electron chi connectivity index (χ2n) is 3.90. The van der Waals surface area contributed by atoms with E-state index in [1.165, 1.54) is 19.2 Å². The van der Waals surface area contributed by atoms with Crippen LogP contribution in [-0.4, -0.2) is 13.0 Å². The summed E-state index contributed by atoms with van der Waals surface area (Å²) in [4.78, 5) is 12.1. The molecule has 0 saturated carbocycles. The summed E-state index contributed by atoms with van der Waals surface area (Å²) in [6.07, 6.45) is 0. The van der Waals surface area contributed by atoms with Crippen molar-refractivity contribution in [2.24, 2.45) is 0 Å². The van der Waals surface area contributed by atoms with Crippen molar-refractivity contribution in [1.82, 2.24) is 0 Å². The largest absolute Gasteiger partial charge is 0.495 e. The quantitative estimate of drug-likeness (QED) is 0.813. The molecule has 0 unspecified atom stereocenters. The van der Waals surface area contributed by atoms with Gasteiger partial charge in [-0.25, -0.2) is 4.39 Å². The summed E-state index contributed by atoms with van der Waals surface area (Å²) >= 11 is 6.39. The molecular weight excluding hydrogens is 393 g/mol. The topological polar surface area (TPSA) is 38.3 Å². The molecule has 1 N–H and O–H groups in total. The standard InChI is InChI=1S/C14H10Br2FNO2/c1-20-12-7-8(5-6-10(12)15)18-14(19)9-3-2-4-11(17)13(9)16/h2-7H,1H3,(H,18,19). The number of methoxy groups -OCH3 is 1. The van der Waals surface area contributed by atoms with Crippen LogP contribution in [0.5, 0.6) is 5.75 Å². The van der Waals surface area contributed by atoms with Gasteiger partial charge in [-0.2, -0.15) is 0 Å². The number of carbonyl (C=O) groups excluding carboxylic acids is 1. The van der Waals surface area contributed by atoms with Crippen LogP contribution in [0.25, 0.3) is 0 Å². The van der Waals surface area contributed by atoms with Gasteiger partial charge in [0.25, 0.3) is 5.91 Å². The first kappa shape index (κ1) is 15.0. The van der Waals surface area contributed by atoms with Crippen LogP contribution < -0.4 is 10.1 Å². The molecule has 3 nitrogen and oxygen atoms in total. The molecule has 2 rings (SSSR count). The minimum atomic E-state index is -0.481. The fourth-order valence-electron chi connectivity index (χ4n) is 1.62. The Morgan fingerprint density at radius 2 is 2.00 bits per heavy atom. The van der Waals surface area contributed by atoms with E-state index in [0.717, 1.165) is 4.47 Å². The van der Waals surface area contributed by atoms with Crippen LogP contribution in [0.15, 0.2) is 45.3 Å². The van der Waals surface area contributed by atoms with E-state index in [0.29, 0.717) is 11.4 Å². The predicted octanol–water partition coefficient (Wildman–Crippen LogP) is 4.61. The summed E-state index contributed by atoms with van der Waals surface area (Å²) in [5.74, 6) is -0.284. The predicted molar refractivity (Wildman–Crippen MR) is 82.7 cm³/mol. The van der Waals surface area contributed by atoms with Gasteiger partial charge in [-0.1, -0.05) is 6.07 Å². The molecule has 104 valence electrons. The minimum absolute atomic E-state index is 0.140. The Bertz CT molecular complexity index is 662. The summed E-state index contributed by atoms with van der Waals surface area (Å²) in [5, 5.41) is 2.69. The Morgan fingerprint density at radius 1 is 1.25 bits per heavy atom. The third-order valence-corrected chi connectivity index (χ3v) is 4.07. The molecule has 0 saturated heterocycles. The summed E-state index contributed by atoms with van der Waals surface area (Å²) in [6.45, 7) is 0. The van der Waals surface area contributed by atoms with Crippen LogP contribution in [0.1, 0.15) is 10.4 Å². The molecule has 0 heterocycles. The normalized spacial score (nSPS) is 10.2. The Hall–Kier alpha value is -1.40. The summed E-state index contributed by atoms with van der Waals surface area (Å²) in [6, 6.07) is 9.46. The van der Waals surface area contributed by atoms with E-state index in [1.54, 1.807) is 24.3 Å². The molecule has 2 aromatic carbocycles. The first-order chi connectivity index (χ1) is 9.52. The first-order valence-electron chi connectivity index (χ1n) is 5.62. The zero-order valence-electron chi connectivity index (χ0n) is 10.4. The van der Waals surface area contributed by atoms with Crippen molar-refractivity contribution in [3.8, 4) is 5.75 Å². The lowest BCUT2D eigenvalue weighted by Gasteiger charge is -2.09. The number of rotatable bonds is 3. The van der Waals surface area contributed by atoms with Gasteiger partial charge in [0, 0.05) is 11.8 Å². The van der Waals surface area contributed by atoms with E-state index in [-0.39, 0.29) is 10.0 Å². The lowest BCUT2D eigenvalue weighted by molar-refractivity contribution is 0.102. The van der Waals surface area contributed by atoms with Crippen molar-refractivity contribution in [2.45, 2.75) is 0 Å². The number of nitrogens with one attached hydrogen (secondary N) is 1. The Morgan fingerprint density at radius 3 is 2.70 bits per heavy atom. The van der Waals surface area contributed by atoms with Crippen LogP contribution in [0.3, 0.4) is 0 Å². The van der Waals surface area contributed by atoms with Gasteiger partial charge < -0.3 is 10.1 Å². The molecule has 0 aliphatic rings. The molecule has 1 amide bonds. The van der Waals surface area contributed by atoms with Crippen LogP contribution in [0.2, 0.25) is 0 Å². The van der Waals surface area contributed by atoms with Crippen molar-refractivity contribution in [3.63, 3.8) is 0 Å². The monoisotopic (exact) mass is 401 g/mol. The van der Waals surface area contributed by atoms with Gasteiger partial charge in [0.15, 0.2) is 0 Å². The van der Waals surface area contributed by atoms with E-state index in [2.05, 4.69) is 37.2 Å². The van der Waals surface area contributed by atoms with E-state index >= 15 is 0 Å². The van der Waals surface area contributed by atoms with Crippen molar-refractivity contribution in [3.05, 3.63) is 56.7 Å². The van der Waals surface area contributed by atoms with Crippen molar-refractivity contribution in [1.29, 1.82) is 0 Å². The van der Waals surface area contributed by atoms with E-state index in [4.69, 9.17) is 4.74 Å².